The van der Waals surface area contributed by atoms with Crippen molar-refractivity contribution in [3.05, 3.63) is 29.3 Å². The van der Waals surface area contributed by atoms with E-state index in [2.05, 4.69) is 20.8 Å². The van der Waals surface area contributed by atoms with Crippen LogP contribution in [0.5, 0.6) is 11.5 Å². The van der Waals surface area contributed by atoms with Gasteiger partial charge in [0.2, 0.25) is 0 Å². The molecule has 0 bridgehead atoms. The fraction of sp³-hybridized carbons (Fsp3) is 0.550. The van der Waals surface area contributed by atoms with E-state index in [0.717, 1.165) is 41.7 Å². The molecule has 1 aliphatic heterocycles. The number of hydrogen-bond donors (Lipinski definition) is 1. The molecule has 1 heterocycles. The molecule has 1 aromatic rings. The van der Waals surface area contributed by atoms with Gasteiger partial charge in [-0.2, -0.15) is 0 Å². The minimum Gasteiger partial charge on any atom is -0.507 e. The first-order valence-electron chi connectivity index (χ1n) is 8.72. The number of aromatic hydroxyl groups is 1. The molecule has 0 spiro atoms. The Morgan fingerprint density at radius 3 is 2.83 bits per heavy atom. The van der Waals surface area contributed by atoms with Crippen molar-refractivity contribution in [3.63, 3.8) is 0 Å². The third-order valence-corrected chi connectivity index (χ3v) is 5.08. The molecule has 2 aliphatic rings. The number of carbonyl (C=O) groups excluding carboxylic acids is 1. The van der Waals surface area contributed by atoms with Crippen molar-refractivity contribution in [2.24, 2.45) is 5.92 Å². The minimum atomic E-state index is -0.353. The van der Waals surface area contributed by atoms with Crippen molar-refractivity contribution in [2.75, 3.05) is 0 Å². The van der Waals surface area contributed by atoms with Crippen LogP contribution in [0.4, 0.5) is 0 Å². The van der Waals surface area contributed by atoms with Gasteiger partial charge in [-0.15, -0.1) is 0 Å². The SMILES string of the molecule is CCCCCc1cc(O)c2c(c1)OC(C)(C)[C@H]1CCC(=O)C=C21. The van der Waals surface area contributed by atoms with E-state index in [0.29, 0.717) is 6.42 Å². The number of unbranched alkanes of at least 4 members (excludes halogenated alkanes) is 2. The van der Waals surface area contributed by atoms with Crippen LogP contribution in [0, 0.1) is 5.92 Å². The average Bonchev–Trinajstić information content (AvgIpc) is 2.46. The van der Waals surface area contributed by atoms with Gasteiger partial charge in [0.05, 0.1) is 5.56 Å². The Morgan fingerprint density at radius 2 is 2.09 bits per heavy atom. The number of ether oxygens (including phenoxy) is 1. The molecule has 3 heteroatoms. The summed E-state index contributed by atoms with van der Waals surface area (Å²) in [6.45, 7) is 6.33. The predicted molar refractivity (Wildman–Crippen MR) is 91.8 cm³/mol. The molecule has 3 rings (SSSR count). The van der Waals surface area contributed by atoms with Crippen molar-refractivity contribution in [3.8, 4) is 11.5 Å². The van der Waals surface area contributed by atoms with Crippen molar-refractivity contribution in [1.29, 1.82) is 0 Å². The molecule has 1 N–H and O–H groups in total. The van der Waals surface area contributed by atoms with E-state index in [1.807, 2.05) is 12.1 Å². The Labute approximate surface area is 138 Å². The lowest BCUT2D eigenvalue weighted by Crippen LogP contribution is -2.43. The van der Waals surface area contributed by atoms with Gasteiger partial charge in [0.15, 0.2) is 5.78 Å². The molecule has 0 saturated heterocycles. The van der Waals surface area contributed by atoms with Crippen molar-refractivity contribution in [1.82, 2.24) is 0 Å². The van der Waals surface area contributed by atoms with Gasteiger partial charge in [0.25, 0.3) is 0 Å². The zero-order valence-corrected chi connectivity index (χ0v) is 14.3. The maximum absolute atomic E-state index is 11.9. The summed E-state index contributed by atoms with van der Waals surface area (Å²) in [5.74, 6) is 1.27. The lowest BCUT2D eigenvalue weighted by molar-refractivity contribution is -0.115. The highest BCUT2D eigenvalue weighted by Gasteiger charge is 2.43. The molecule has 0 amide bonds. The van der Waals surface area contributed by atoms with Gasteiger partial charge in [-0.05, 0) is 62.5 Å². The maximum Gasteiger partial charge on any atom is 0.156 e. The molecule has 1 aromatic carbocycles. The van der Waals surface area contributed by atoms with Crippen LogP contribution >= 0.6 is 0 Å². The summed E-state index contributed by atoms with van der Waals surface area (Å²) in [5.41, 5.74) is 2.42. The summed E-state index contributed by atoms with van der Waals surface area (Å²) in [7, 11) is 0. The van der Waals surface area contributed by atoms with Crippen LogP contribution < -0.4 is 4.74 Å². The second kappa shape index (κ2) is 6.03. The van der Waals surface area contributed by atoms with Crippen LogP contribution in [0.1, 0.15) is 64.0 Å². The molecule has 124 valence electrons. The Kier molecular flexibility index (Phi) is 4.22. The van der Waals surface area contributed by atoms with E-state index in [-0.39, 0.29) is 23.1 Å². The zero-order chi connectivity index (χ0) is 16.6. The quantitative estimate of drug-likeness (QED) is 0.822. The van der Waals surface area contributed by atoms with Gasteiger partial charge in [-0.3, -0.25) is 4.79 Å². The van der Waals surface area contributed by atoms with E-state index >= 15 is 0 Å². The topological polar surface area (TPSA) is 46.5 Å². The number of ketones is 1. The highest BCUT2D eigenvalue weighted by molar-refractivity contribution is 6.00. The van der Waals surface area contributed by atoms with Crippen molar-refractivity contribution >= 4 is 11.4 Å². The average molecular weight is 314 g/mol. The summed E-state index contributed by atoms with van der Waals surface area (Å²) >= 11 is 0. The summed E-state index contributed by atoms with van der Waals surface area (Å²) in [5, 5.41) is 10.6. The molecule has 1 atom stereocenters. The van der Waals surface area contributed by atoms with Crippen LogP contribution in [0.3, 0.4) is 0 Å². The number of carbonyl (C=O) groups is 1. The standard InChI is InChI=1S/C20H26O3/c1-4-5-6-7-13-10-17(22)19-15-12-14(21)8-9-16(15)20(2,3)23-18(19)11-13/h10-12,16,22H,4-9H2,1-3H3/t16-/m0/s1. The Hall–Kier alpha value is -1.77. The van der Waals surface area contributed by atoms with Crippen LogP contribution in [0.2, 0.25) is 0 Å². The van der Waals surface area contributed by atoms with Gasteiger partial charge in [0.1, 0.15) is 17.1 Å². The normalized spacial score (nSPS) is 22.0. The number of aryl methyl sites for hydroxylation is 1. The number of phenolic OH excluding ortho intramolecular Hbond substituents is 1. The number of phenols is 1. The molecule has 23 heavy (non-hydrogen) atoms. The first-order valence-corrected chi connectivity index (χ1v) is 8.72. The summed E-state index contributed by atoms with van der Waals surface area (Å²) < 4.78 is 6.24. The van der Waals surface area contributed by atoms with Crippen molar-refractivity contribution in [2.45, 2.75) is 64.9 Å². The fourth-order valence-electron chi connectivity index (χ4n) is 3.86. The van der Waals surface area contributed by atoms with Gasteiger partial charge >= 0.3 is 0 Å². The molecule has 0 fully saturated rings. The van der Waals surface area contributed by atoms with Crippen molar-refractivity contribution < 1.29 is 14.6 Å². The molecular weight excluding hydrogens is 288 g/mol. The number of fused-ring (bicyclic) bond motifs is 3. The van der Waals surface area contributed by atoms with Gasteiger partial charge in [-0.25, -0.2) is 0 Å². The predicted octanol–water partition coefficient (Wildman–Crippen LogP) is 4.66. The van der Waals surface area contributed by atoms with Crippen LogP contribution in [-0.4, -0.2) is 16.5 Å². The highest BCUT2D eigenvalue weighted by Crippen LogP contribution is 2.51. The number of rotatable bonds is 4. The van der Waals surface area contributed by atoms with E-state index in [9.17, 15) is 9.90 Å². The van der Waals surface area contributed by atoms with Gasteiger partial charge in [-0.1, -0.05) is 19.8 Å². The fourth-order valence-corrected chi connectivity index (χ4v) is 3.86. The number of benzene rings is 1. The first-order chi connectivity index (χ1) is 10.9. The summed E-state index contributed by atoms with van der Waals surface area (Å²) in [4.78, 5) is 11.9. The largest absolute Gasteiger partial charge is 0.507 e. The highest BCUT2D eigenvalue weighted by atomic mass is 16.5. The molecule has 0 radical (unpaired) electrons. The molecule has 1 aliphatic carbocycles. The zero-order valence-electron chi connectivity index (χ0n) is 14.3. The van der Waals surface area contributed by atoms with E-state index in [1.165, 1.54) is 12.8 Å². The maximum atomic E-state index is 11.9. The lowest BCUT2D eigenvalue weighted by atomic mass is 9.72. The third-order valence-electron chi connectivity index (χ3n) is 5.08. The second-order valence-corrected chi connectivity index (χ2v) is 7.31. The summed E-state index contributed by atoms with van der Waals surface area (Å²) in [6, 6.07) is 3.88. The van der Waals surface area contributed by atoms with E-state index < -0.39 is 0 Å². The first kappa shape index (κ1) is 16.1. The van der Waals surface area contributed by atoms with Crippen LogP contribution in [-0.2, 0) is 11.2 Å². The molecular formula is C20H26O3. The van der Waals surface area contributed by atoms with Gasteiger partial charge in [0, 0.05) is 12.3 Å². The molecule has 0 unspecified atom stereocenters. The summed E-state index contributed by atoms with van der Waals surface area (Å²) in [6.07, 6.45) is 7.49. The second-order valence-electron chi connectivity index (χ2n) is 7.31. The lowest BCUT2D eigenvalue weighted by Gasteiger charge is -2.43. The van der Waals surface area contributed by atoms with E-state index in [1.54, 1.807) is 6.08 Å². The van der Waals surface area contributed by atoms with E-state index in [4.69, 9.17) is 4.74 Å². The van der Waals surface area contributed by atoms with Crippen LogP contribution in [0.25, 0.3) is 5.57 Å². The molecule has 3 nitrogen and oxygen atoms in total. The molecule has 0 saturated carbocycles. The monoisotopic (exact) mass is 314 g/mol. The van der Waals surface area contributed by atoms with Crippen LogP contribution in [0.15, 0.2) is 18.2 Å². The van der Waals surface area contributed by atoms with Gasteiger partial charge < -0.3 is 9.84 Å². The minimum absolute atomic E-state index is 0.145. The number of allylic oxidation sites excluding steroid dienone is 1. The Bertz CT molecular complexity index is 655. The molecule has 0 aromatic heterocycles. The smallest absolute Gasteiger partial charge is 0.156 e. The Morgan fingerprint density at radius 1 is 1.30 bits per heavy atom. The Balaban J connectivity index is 2.02. The number of hydrogen-bond acceptors (Lipinski definition) is 3. The third kappa shape index (κ3) is 3.01.